The molecule has 3 aromatic rings. The lowest BCUT2D eigenvalue weighted by Gasteiger charge is -2.28. The Morgan fingerprint density at radius 3 is 2.48 bits per heavy atom. The van der Waals surface area contributed by atoms with Crippen LogP contribution in [-0.4, -0.2) is 44.2 Å². The number of ether oxygens (including phenoxy) is 1. The van der Waals surface area contributed by atoms with Crippen molar-refractivity contribution < 1.29 is 23.8 Å². The maximum Gasteiger partial charge on any atom is 0.355 e. The number of phenolic OH excluding ortho intramolecular Hbond substituents is 1. The Bertz CT molecular complexity index is 1120. The summed E-state index contributed by atoms with van der Waals surface area (Å²) < 4.78 is 19.5. The first-order valence-corrected chi connectivity index (χ1v) is 8.46. The maximum atomic E-state index is 13.4. The molecule has 0 spiro atoms. The summed E-state index contributed by atoms with van der Waals surface area (Å²) >= 11 is 0. The molecule has 0 unspecified atom stereocenters. The number of anilines is 1. The maximum absolute atomic E-state index is 13.4. The number of benzene rings is 2. The number of esters is 1. The van der Waals surface area contributed by atoms with Crippen molar-refractivity contribution in [3.63, 3.8) is 0 Å². The topological polar surface area (TPSA) is 119 Å². The second kappa shape index (κ2) is 7.15. The highest BCUT2D eigenvalue weighted by Crippen LogP contribution is 2.37. The predicted octanol–water partition coefficient (Wildman–Crippen LogP) is 1.84. The minimum absolute atomic E-state index is 0.0222. The van der Waals surface area contributed by atoms with Crippen LogP contribution in [0.1, 0.15) is 22.0 Å². The van der Waals surface area contributed by atoms with Gasteiger partial charge in [0.05, 0.1) is 12.7 Å². The minimum Gasteiger partial charge on any atom is -0.508 e. The van der Waals surface area contributed by atoms with Crippen LogP contribution in [0.4, 0.5) is 10.3 Å². The Balaban J connectivity index is 1.94. The van der Waals surface area contributed by atoms with Gasteiger partial charge in [-0.05, 0) is 52.4 Å². The molecule has 2 heterocycles. The Morgan fingerprint density at radius 2 is 1.83 bits per heavy atom. The first kappa shape index (κ1) is 18.3. The van der Waals surface area contributed by atoms with Crippen LogP contribution < -0.4 is 5.32 Å². The van der Waals surface area contributed by atoms with E-state index in [1.165, 1.54) is 36.1 Å². The highest BCUT2D eigenvalue weighted by atomic mass is 19.1. The molecule has 0 aliphatic carbocycles. The molecule has 4 rings (SSSR count). The van der Waals surface area contributed by atoms with E-state index in [0.717, 1.165) is 12.1 Å². The smallest absolute Gasteiger partial charge is 0.355 e. The summed E-state index contributed by atoms with van der Waals surface area (Å²) in [7, 11) is 1.18. The molecule has 0 saturated carbocycles. The van der Waals surface area contributed by atoms with Crippen LogP contribution in [0.3, 0.4) is 0 Å². The van der Waals surface area contributed by atoms with E-state index < -0.39 is 23.6 Å². The van der Waals surface area contributed by atoms with Crippen LogP contribution in [0, 0.1) is 5.82 Å². The van der Waals surface area contributed by atoms with E-state index in [-0.39, 0.29) is 28.5 Å². The molecule has 0 radical (unpaired) electrons. The third-order valence-corrected chi connectivity index (χ3v) is 4.47. The van der Waals surface area contributed by atoms with Crippen molar-refractivity contribution in [3.8, 4) is 5.75 Å². The van der Waals surface area contributed by atoms with Crippen molar-refractivity contribution >= 4 is 17.7 Å². The van der Waals surface area contributed by atoms with Gasteiger partial charge in [-0.25, -0.2) is 9.18 Å². The highest BCUT2D eigenvalue weighted by Gasteiger charge is 2.38. The number of ketones is 1. The molecule has 1 atom stereocenters. The second-order valence-electron chi connectivity index (χ2n) is 6.18. The predicted molar refractivity (Wildman–Crippen MR) is 97.5 cm³/mol. The monoisotopic (exact) mass is 395 g/mol. The molecular weight excluding hydrogens is 381 g/mol. The van der Waals surface area contributed by atoms with Gasteiger partial charge in [-0.15, -0.1) is 0 Å². The molecule has 1 aliphatic heterocycles. The fourth-order valence-electron chi connectivity index (χ4n) is 3.11. The molecular formula is C19H14FN5O4. The van der Waals surface area contributed by atoms with E-state index in [1.807, 2.05) is 0 Å². The molecule has 2 aromatic carbocycles. The van der Waals surface area contributed by atoms with Gasteiger partial charge in [0.15, 0.2) is 5.78 Å². The summed E-state index contributed by atoms with van der Waals surface area (Å²) in [4.78, 5) is 25.8. The van der Waals surface area contributed by atoms with E-state index in [2.05, 4.69) is 20.8 Å². The summed E-state index contributed by atoms with van der Waals surface area (Å²) in [6.45, 7) is 0. The lowest BCUT2D eigenvalue weighted by Crippen LogP contribution is -2.32. The Morgan fingerprint density at radius 1 is 1.14 bits per heavy atom. The molecule has 1 aromatic heterocycles. The first-order chi connectivity index (χ1) is 14.0. The molecule has 146 valence electrons. The number of Topliss-reactive ketones (excluding diaryl/α,β-unsaturated/α-hetero) is 1. The fraction of sp³-hybridized carbons (Fsp3) is 0.105. The summed E-state index contributed by atoms with van der Waals surface area (Å²) in [5.74, 6) is -1.64. The van der Waals surface area contributed by atoms with E-state index in [9.17, 15) is 19.1 Å². The molecule has 2 N–H and O–H groups in total. The summed E-state index contributed by atoms with van der Waals surface area (Å²) in [5, 5.41) is 23.7. The molecule has 0 saturated heterocycles. The van der Waals surface area contributed by atoms with Gasteiger partial charge in [-0.1, -0.05) is 17.2 Å². The normalized spacial score (nSPS) is 15.4. The number of allylic oxidation sites excluding steroid dienone is 1. The largest absolute Gasteiger partial charge is 0.508 e. The Kier molecular flexibility index (Phi) is 4.51. The number of nitrogens with zero attached hydrogens (tertiary/aromatic N) is 4. The number of rotatable bonds is 4. The standard InChI is InChI=1S/C19H14FN5O4/c1-29-18(28)15-14(17(27)11-2-6-12(20)7-3-11)16(10-4-8-13(26)9-5-10)25-19(21-15)22-23-24-25/h2-9,16,26H,1H3,(H,21,22,24)/t16-/m0/s1. The summed E-state index contributed by atoms with van der Waals surface area (Å²) in [5.41, 5.74) is 0.616. The highest BCUT2D eigenvalue weighted by molar-refractivity contribution is 6.14. The number of aromatic nitrogens is 4. The number of carbonyl (C=O) groups is 2. The van der Waals surface area contributed by atoms with Gasteiger partial charge < -0.3 is 15.2 Å². The third-order valence-electron chi connectivity index (χ3n) is 4.47. The van der Waals surface area contributed by atoms with Gasteiger partial charge >= 0.3 is 5.97 Å². The fourth-order valence-corrected chi connectivity index (χ4v) is 3.11. The van der Waals surface area contributed by atoms with Crippen LogP contribution >= 0.6 is 0 Å². The van der Waals surface area contributed by atoms with Crippen LogP contribution in [-0.2, 0) is 9.53 Å². The number of hydrogen-bond donors (Lipinski definition) is 2. The first-order valence-electron chi connectivity index (χ1n) is 8.46. The molecule has 9 nitrogen and oxygen atoms in total. The van der Waals surface area contributed by atoms with Crippen molar-refractivity contribution in [1.29, 1.82) is 0 Å². The molecule has 0 bridgehead atoms. The van der Waals surface area contributed by atoms with E-state index in [1.54, 1.807) is 12.1 Å². The molecule has 29 heavy (non-hydrogen) atoms. The average molecular weight is 395 g/mol. The van der Waals surface area contributed by atoms with E-state index >= 15 is 0 Å². The number of carbonyl (C=O) groups excluding carboxylic acids is 2. The zero-order chi connectivity index (χ0) is 20.5. The Hall–Kier alpha value is -4.08. The summed E-state index contributed by atoms with van der Waals surface area (Å²) in [6.07, 6.45) is 0. The lowest BCUT2D eigenvalue weighted by atomic mass is 9.89. The SMILES string of the molecule is COC(=O)C1=C(C(=O)c2ccc(F)cc2)[C@H](c2ccc(O)cc2)n2nnnc2N1. The van der Waals surface area contributed by atoms with Gasteiger partial charge in [0.1, 0.15) is 23.3 Å². The van der Waals surface area contributed by atoms with Gasteiger partial charge in [-0.3, -0.25) is 4.79 Å². The number of phenols is 1. The second-order valence-corrected chi connectivity index (χ2v) is 6.18. The summed E-state index contributed by atoms with van der Waals surface area (Å²) in [6, 6.07) is 10.1. The van der Waals surface area contributed by atoms with E-state index in [4.69, 9.17) is 4.74 Å². The van der Waals surface area contributed by atoms with Crippen LogP contribution in [0.25, 0.3) is 0 Å². The molecule has 1 aliphatic rings. The number of nitrogens with one attached hydrogen (secondary N) is 1. The van der Waals surface area contributed by atoms with Gasteiger partial charge in [0.25, 0.3) is 0 Å². The lowest BCUT2D eigenvalue weighted by molar-refractivity contribution is -0.136. The zero-order valence-electron chi connectivity index (χ0n) is 15.0. The number of fused-ring (bicyclic) bond motifs is 1. The van der Waals surface area contributed by atoms with Crippen molar-refractivity contribution in [2.45, 2.75) is 6.04 Å². The zero-order valence-corrected chi connectivity index (χ0v) is 15.0. The number of aromatic hydroxyl groups is 1. The molecule has 10 heteroatoms. The number of methoxy groups -OCH3 is 1. The molecule has 0 fully saturated rings. The van der Waals surface area contributed by atoms with E-state index in [0.29, 0.717) is 5.56 Å². The van der Waals surface area contributed by atoms with Crippen molar-refractivity contribution in [2.75, 3.05) is 12.4 Å². The van der Waals surface area contributed by atoms with Crippen molar-refractivity contribution in [1.82, 2.24) is 20.2 Å². The number of tetrazole rings is 1. The van der Waals surface area contributed by atoms with Crippen LogP contribution in [0.2, 0.25) is 0 Å². The van der Waals surface area contributed by atoms with Crippen LogP contribution in [0.15, 0.2) is 59.8 Å². The van der Waals surface area contributed by atoms with Gasteiger partial charge in [-0.2, -0.15) is 4.68 Å². The number of hydrogen-bond acceptors (Lipinski definition) is 8. The average Bonchev–Trinajstić information content (AvgIpc) is 3.21. The third kappa shape index (κ3) is 3.20. The van der Waals surface area contributed by atoms with Gasteiger partial charge in [0, 0.05) is 5.56 Å². The minimum atomic E-state index is -0.881. The van der Waals surface area contributed by atoms with Crippen molar-refractivity contribution in [3.05, 3.63) is 76.7 Å². The number of halogens is 1. The molecule has 0 amide bonds. The van der Waals surface area contributed by atoms with Crippen LogP contribution in [0.5, 0.6) is 5.75 Å². The van der Waals surface area contributed by atoms with Gasteiger partial charge in [0.2, 0.25) is 5.95 Å². The Labute approximate surface area is 163 Å². The quantitative estimate of drug-likeness (QED) is 0.507. The van der Waals surface area contributed by atoms with Crippen molar-refractivity contribution in [2.24, 2.45) is 0 Å².